The van der Waals surface area contributed by atoms with Crippen LogP contribution in [0.15, 0.2) is 9.98 Å². The summed E-state index contributed by atoms with van der Waals surface area (Å²) < 4.78 is 23.9. The molecule has 0 heterocycles. The maximum atomic E-state index is 11.2. The van der Waals surface area contributed by atoms with Gasteiger partial charge in [-0.25, -0.2) is 12.7 Å². The van der Waals surface area contributed by atoms with Gasteiger partial charge < -0.3 is 17.2 Å². The van der Waals surface area contributed by atoms with Crippen LogP contribution in [0.25, 0.3) is 0 Å². The van der Waals surface area contributed by atoms with Gasteiger partial charge in [0.1, 0.15) is 0 Å². The molecule has 100 valence electrons. The van der Waals surface area contributed by atoms with Crippen molar-refractivity contribution < 1.29 is 8.42 Å². The van der Waals surface area contributed by atoms with Crippen molar-refractivity contribution in [2.75, 3.05) is 25.9 Å². The molecule has 0 aliphatic heterocycles. The molecule has 0 aromatic heterocycles. The molecule has 0 fully saturated rings. The lowest BCUT2D eigenvalue weighted by Crippen LogP contribution is -2.31. The van der Waals surface area contributed by atoms with E-state index in [1.807, 2.05) is 0 Å². The van der Waals surface area contributed by atoms with E-state index in [9.17, 15) is 8.42 Å². The van der Waals surface area contributed by atoms with Gasteiger partial charge in [-0.05, 0) is 6.42 Å². The van der Waals surface area contributed by atoms with Crippen LogP contribution in [0.2, 0.25) is 0 Å². The van der Waals surface area contributed by atoms with Gasteiger partial charge in [0, 0.05) is 19.6 Å². The van der Waals surface area contributed by atoms with Crippen molar-refractivity contribution in [1.82, 2.24) is 4.31 Å². The van der Waals surface area contributed by atoms with E-state index < -0.39 is 10.0 Å². The Bertz CT molecular complexity index is 385. The van der Waals surface area contributed by atoms with Crippen LogP contribution in [0.4, 0.5) is 0 Å². The summed E-state index contributed by atoms with van der Waals surface area (Å²) in [6.45, 7) is 2.98. The molecule has 0 amide bonds. The Balaban J connectivity index is 4.12. The number of sulfonamides is 1. The van der Waals surface area contributed by atoms with Gasteiger partial charge in [0.25, 0.3) is 0 Å². The topological polar surface area (TPSA) is 140 Å². The summed E-state index contributed by atoms with van der Waals surface area (Å²) in [6.07, 6.45) is 1.73. The van der Waals surface area contributed by atoms with Crippen molar-refractivity contribution in [3.05, 3.63) is 0 Å². The zero-order valence-electron chi connectivity index (χ0n) is 10.1. The summed E-state index contributed by atoms with van der Waals surface area (Å²) >= 11 is 0. The first-order chi connectivity index (χ1) is 7.77. The fourth-order valence-electron chi connectivity index (χ4n) is 1.17. The van der Waals surface area contributed by atoms with Crippen molar-refractivity contribution in [3.8, 4) is 0 Å². The summed E-state index contributed by atoms with van der Waals surface area (Å²) in [5, 5.41) is 0. The van der Waals surface area contributed by atoms with Crippen molar-refractivity contribution in [3.63, 3.8) is 0 Å². The molecule has 0 radical (unpaired) electrons. The smallest absolute Gasteiger partial charge is 0.218 e. The highest BCUT2D eigenvalue weighted by molar-refractivity contribution is 7.88. The van der Waals surface area contributed by atoms with E-state index in [2.05, 4.69) is 9.98 Å². The molecule has 0 saturated carbocycles. The first kappa shape index (κ1) is 15.7. The van der Waals surface area contributed by atoms with Crippen molar-refractivity contribution >= 4 is 21.9 Å². The van der Waals surface area contributed by atoms with Crippen LogP contribution in [0, 0.1) is 0 Å². The van der Waals surface area contributed by atoms with Gasteiger partial charge in [0.05, 0.1) is 6.26 Å². The number of nitrogens with zero attached hydrogens (tertiary/aromatic N) is 3. The zero-order chi connectivity index (χ0) is 13.5. The van der Waals surface area contributed by atoms with Crippen LogP contribution < -0.4 is 17.2 Å². The van der Waals surface area contributed by atoms with E-state index in [4.69, 9.17) is 17.2 Å². The number of aliphatic imine (C=N–C) groups is 2. The Morgan fingerprint density at radius 2 is 1.88 bits per heavy atom. The van der Waals surface area contributed by atoms with Gasteiger partial charge in [-0.15, -0.1) is 0 Å². The Hall–Kier alpha value is -1.35. The summed E-state index contributed by atoms with van der Waals surface area (Å²) in [7, 11) is -3.15. The van der Waals surface area contributed by atoms with Crippen LogP contribution in [0.5, 0.6) is 0 Å². The van der Waals surface area contributed by atoms with E-state index in [0.717, 1.165) is 0 Å². The molecule has 0 bridgehead atoms. The monoisotopic (exact) mass is 264 g/mol. The van der Waals surface area contributed by atoms with Gasteiger partial charge in [-0.2, -0.15) is 4.99 Å². The van der Waals surface area contributed by atoms with Gasteiger partial charge in [0.15, 0.2) is 5.96 Å². The maximum Gasteiger partial charge on any atom is 0.218 e. The zero-order valence-corrected chi connectivity index (χ0v) is 10.9. The molecule has 0 aliphatic rings. The quantitative estimate of drug-likeness (QED) is 0.296. The lowest BCUT2D eigenvalue weighted by Gasteiger charge is -2.16. The highest BCUT2D eigenvalue weighted by Gasteiger charge is 2.12. The van der Waals surface area contributed by atoms with Crippen LogP contribution in [-0.4, -0.2) is 50.5 Å². The van der Waals surface area contributed by atoms with Crippen molar-refractivity contribution in [1.29, 1.82) is 0 Å². The molecule has 0 spiro atoms. The third kappa shape index (κ3) is 7.53. The number of hydrogen-bond donors (Lipinski definition) is 3. The summed E-state index contributed by atoms with van der Waals surface area (Å²) in [6, 6.07) is 0. The van der Waals surface area contributed by atoms with Crippen LogP contribution in [0.3, 0.4) is 0 Å². The second-order valence-electron chi connectivity index (χ2n) is 3.38. The Morgan fingerprint density at radius 3 is 2.29 bits per heavy atom. The minimum atomic E-state index is -3.15. The average Bonchev–Trinajstić information content (AvgIpc) is 2.14. The molecule has 17 heavy (non-hydrogen) atoms. The summed E-state index contributed by atoms with van der Waals surface area (Å²) in [5.74, 6) is -0.162. The molecule has 6 N–H and O–H groups in total. The van der Waals surface area contributed by atoms with Crippen LogP contribution >= 0.6 is 0 Å². The van der Waals surface area contributed by atoms with E-state index in [1.54, 1.807) is 6.92 Å². The van der Waals surface area contributed by atoms with Crippen LogP contribution in [0.1, 0.15) is 13.3 Å². The highest BCUT2D eigenvalue weighted by atomic mass is 32.2. The van der Waals surface area contributed by atoms with Crippen molar-refractivity contribution in [2.45, 2.75) is 13.3 Å². The predicted molar refractivity (Wildman–Crippen MR) is 69.0 cm³/mol. The van der Waals surface area contributed by atoms with Crippen LogP contribution in [-0.2, 0) is 10.0 Å². The normalized spacial score (nSPS) is 12.8. The second-order valence-corrected chi connectivity index (χ2v) is 5.37. The fraction of sp³-hybridized carbons (Fsp3) is 0.750. The second kappa shape index (κ2) is 7.07. The average molecular weight is 264 g/mol. The molecular weight excluding hydrogens is 244 g/mol. The van der Waals surface area contributed by atoms with E-state index in [-0.39, 0.29) is 11.9 Å². The van der Waals surface area contributed by atoms with Gasteiger partial charge >= 0.3 is 0 Å². The van der Waals surface area contributed by atoms with E-state index in [1.165, 1.54) is 10.6 Å². The number of hydrogen-bond acceptors (Lipinski definition) is 3. The van der Waals surface area contributed by atoms with E-state index >= 15 is 0 Å². The molecule has 0 aromatic rings. The van der Waals surface area contributed by atoms with Gasteiger partial charge in [0.2, 0.25) is 16.0 Å². The first-order valence-electron chi connectivity index (χ1n) is 5.12. The third-order valence-electron chi connectivity index (χ3n) is 1.90. The Labute approximate surface area is 102 Å². The Morgan fingerprint density at radius 1 is 1.29 bits per heavy atom. The minimum absolute atomic E-state index is 0.00703. The largest absolute Gasteiger partial charge is 0.370 e. The van der Waals surface area contributed by atoms with Gasteiger partial charge in [-0.3, -0.25) is 4.99 Å². The summed E-state index contributed by atoms with van der Waals surface area (Å²) in [4.78, 5) is 7.41. The highest BCUT2D eigenvalue weighted by Crippen LogP contribution is 1.98. The lowest BCUT2D eigenvalue weighted by atomic mass is 10.4. The Kier molecular flexibility index (Phi) is 6.51. The molecule has 8 nitrogen and oxygen atoms in total. The predicted octanol–water partition coefficient (Wildman–Crippen LogP) is -1.75. The molecule has 0 atom stereocenters. The molecule has 0 aromatic carbocycles. The molecule has 0 saturated heterocycles. The standard InChI is InChI=1S/C8H20N6O2S/c1-3-14(17(2,15)16)6-4-5-12-8(11)13-7(9)10/h3-6H2,1-2H3,(H6,9,10,11,12,13). The molecule has 0 aliphatic carbocycles. The number of guanidine groups is 2. The molecular formula is C8H20N6O2S. The van der Waals surface area contributed by atoms with E-state index in [0.29, 0.717) is 26.1 Å². The maximum absolute atomic E-state index is 11.2. The number of nitrogens with two attached hydrogens (primary N) is 3. The molecule has 0 rings (SSSR count). The first-order valence-corrected chi connectivity index (χ1v) is 6.97. The van der Waals surface area contributed by atoms with Crippen molar-refractivity contribution in [2.24, 2.45) is 27.2 Å². The summed E-state index contributed by atoms with van der Waals surface area (Å²) in [5.41, 5.74) is 15.6. The van der Waals surface area contributed by atoms with Gasteiger partial charge in [-0.1, -0.05) is 6.92 Å². The molecule has 9 heteroatoms. The molecule has 0 unspecified atom stereocenters. The SMILES string of the molecule is CCN(CCCN=C(N)N=C(N)N)S(C)(=O)=O. The fourth-order valence-corrected chi connectivity index (χ4v) is 2.10. The third-order valence-corrected chi connectivity index (χ3v) is 3.28. The lowest BCUT2D eigenvalue weighted by molar-refractivity contribution is 0.427. The minimum Gasteiger partial charge on any atom is -0.370 e. The number of rotatable bonds is 6.